The van der Waals surface area contributed by atoms with Crippen LogP contribution in [-0.4, -0.2) is 18.5 Å². The van der Waals surface area contributed by atoms with Crippen molar-refractivity contribution >= 4 is 12.6 Å². The Morgan fingerprint density at radius 1 is 1.28 bits per heavy atom. The molecule has 0 N–H and O–H groups in total. The van der Waals surface area contributed by atoms with Gasteiger partial charge >= 0.3 is 0 Å². The van der Waals surface area contributed by atoms with Crippen LogP contribution in [0.3, 0.4) is 0 Å². The topological polar surface area (TPSA) is 9.23 Å². The molecule has 4 unspecified atom stereocenters. The highest BCUT2D eigenvalue weighted by Gasteiger charge is 2.61. The molecule has 0 aliphatic heterocycles. The van der Waals surface area contributed by atoms with E-state index < -0.39 is 0 Å². The van der Waals surface area contributed by atoms with E-state index in [0.29, 0.717) is 28.8 Å². The van der Waals surface area contributed by atoms with Crippen molar-refractivity contribution in [1.82, 2.24) is 0 Å². The normalized spacial score (nSPS) is 39.5. The quantitative estimate of drug-likeness (QED) is 0.728. The van der Waals surface area contributed by atoms with E-state index in [0.717, 1.165) is 18.3 Å². The first-order chi connectivity index (χ1) is 8.33. The van der Waals surface area contributed by atoms with E-state index in [9.17, 15) is 0 Å². The highest BCUT2D eigenvalue weighted by molar-refractivity contribution is 7.80. The lowest BCUT2D eigenvalue weighted by atomic mass is 9.70. The summed E-state index contributed by atoms with van der Waals surface area (Å²) in [6.07, 6.45) is 4.51. The Morgan fingerprint density at radius 3 is 2.33 bits per heavy atom. The molecule has 1 nitrogen and oxygen atoms in total. The smallest absolute Gasteiger partial charge is 0.0636 e. The molecule has 0 aromatic carbocycles. The molecular formula is C16H30OS. The van der Waals surface area contributed by atoms with Gasteiger partial charge in [0.1, 0.15) is 0 Å². The SMILES string of the molecule is CC(C)C(CS)COC1CC2CCC1(C)C2(C)C. The molecule has 2 fully saturated rings. The molecular weight excluding hydrogens is 240 g/mol. The zero-order valence-electron chi connectivity index (χ0n) is 12.7. The van der Waals surface area contributed by atoms with Crippen molar-refractivity contribution in [2.75, 3.05) is 12.4 Å². The minimum atomic E-state index is 0.399. The third-order valence-corrected chi connectivity index (χ3v) is 6.87. The van der Waals surface area contributed by atoms with Crippen molar-refractivity contribution in [3.05, 3.63) is 0 Å². The van der Waals surface area contributed by atoms with Crippen molar-refractivity contribution in [3.63, 3.8) is 0 Å². The molecule has 18 heavy (non-hydrogen) atoms. The lowest BCUT2D eigenvalue weighted by molar-refractivity contribution is -0.0605. The molecule has 2 aliphatic carbocycles. The van der Waals surface area contributed by atoms with E-state index >= 15 is 0 Å². The minimum Gasteiger partial charge on any atom is -0.377 e. The van der Waals surface area contributed by atoms with Gasteiger partial charge in [-0.1, -0.05) is 34.6 Å². The predicted molar refractivity (Wildman–Crippen MR) is 81.2 cm³/mol. The molecule has 0 radical (unpaired) electrons. The van der Waals surface area contributed by atoms with E-state index in [-0.39, 0.29) is 0 Å². The molecule has 2 saturated carbocycles. The Balaban J connectivity index is 1.97. The lowest BCUT2D eigenvalue weighted by Crippen LogP contribution is -2.38. The predicted octanol–water partition coefficient (Wildman–Crippen LogP) is 4.42. The van der Waals surface area contributed by atoms with Crippen molar-refractivity contribution in [2.45, 2.75) is 60.0 Å². The Bertz CT molecular complexity index is 299. The van der Waals surface area contributed by atoms with Gasteiger partial charge in [-0.25, -0.2) is 0 Å². The van der Waals surface area contributed by atoms with Gasteiger partial charge in [0.25, 0.3) is 0 Å². The van der Waals surface area contributed by atoms with Crippen molar-refractivity contribution < 1.29 is 4.74 Å². The van der Waals surface area contributed by atoms with Crippen LogP contribution in [0.1, 0.15) is 53.9 Å². The maximum Gasteiger partial charge on any atom is 0.0636 e. The average Bonchev–Trinajstić information content (AvgIpc) is 2.62. The number of ether oxygens (including phenoxy) is 1. The fraction of sp³-hybridized carbons (Fsp3) is 1.00. The molecule has 0 heterocycles. The summed E-state index contributed by atoms with van der Waals surface area (Å²) >= 11 is 4.46. The highest BCUT2D eigenvalue weighted by Crippen LogP contribution is 2.66. The molecule has 0 aromatic rings. The molecule has 0 saturated heterocycles. The van der Waals surface area contributed by atoms with Crippen LogP contribution in [0, 0.1) is 28.6 Å². The van der Waals surface area contributed by atoms with E-state index in [4.69, 9.17) is 4.74 Å². The summed E-state index contributed by atoms with van der Waals surface area (Å²) < 4.78 is 6.34. The number of hydrogen-bond donors (Lipinski definition) is 1. The summed E-state index contributed by atoms with van der Waals surface area (Å²) in [5.41, 5.74) is 0.863. The van der Waals surface area contributed by atoms with Gasteiger partial charge in [0.05, 0.1) is 12.7 Å². The van der Waals surface area contributed by atoms with Crippen LogP contribution < -0.4 is 0 Å². The standard InChI is InChI=1S/C16H30OS/c1-11(2)12(10-18)9-17-14-8-13-6-7-16(14,5)15(13,3)4/h11-14,18H,6-10H2,1-5H3. The van der Waals surface area contributed by atoms with Crippen LogP contribution >= 0.6 is 12.6 Å². The molecule has 2 heteroatoms. The molecule has 0 aromatic heterocycles. The first kappa shape index (κ1) is 14.7. The Morgan fingerprint density at radius 2 is 1.94 bits per heavy atom. The van der Waals surface area contributed by atoms with Crippen molar-refractivity contribution in [2.24, 2.45) is 28.6 Å². The van der Waals surface area contributed by atoms with Crippen LogP contribution in [0.25, 0.3) is 0 Å². The lowest BCUT2D eigenvalue weighted by Gasteiger charge is -2.39. The monoisotopic (exact) mass is 270 g/mol. The summed E-state index contributed by atoms with van der Waals surface area (Å²) in [6, 6.07) is 0. The first-order valence-corrected chi connectivity index (χ1v) is 8.18. The first-order valence-electron chi connectivity index (χ1n) is 7.55. The molecule has 2 aliphatic rings. The molecule has 0 amide bonds. The van der Waals surface area contributed by atoms with E-state index in [2.05, 4.69) is 47.2 Å². The van der Waals surface area contributed by atoms with Gasteiger partial charge in [0.2, 0.25) is 0 Å². The zero-order valence-corrected chi connectivity index (χ0v) is 13.6. The van der Waals surface area contributed by atoms with Gasteiger partial charge in [-0.2, -0.15) is 12.6 Å². The van der Waals surface area contributed by atoms with Crippen LogP contribution in [0.5, 0.6) is 0 Å². The number of fused-ring (bicyclic) bond motifs is 2. The molecule has 106 valence electrons. The van der Waals surface area contributed by atoms with Gasteiger partial charge < -0.3 is 4.74 Å². The van der Waals surface area contributed by atoms with Gasteiger partial charge in [0.15, 0.2) is 0 Å². The molecule has 0 spiro atoms. The summed E-state index contributed by atoms with van der Waals surface area (Å²) in [6.45, 7) is 12.8. The van der Waals surface area contributed by atoms with Crippen LogP contribution in [0.4, 0.5) is 0 Å². The number of thiol groups is 1. The summed E-state index contributed by atoms with van der Waals surface area (Å²) in [4.78, 5) is 0. The van der Waals surface area contributed by atoms with Gasteiger partial charge in [-0.3, -0.25) is 0 Å². The molecule has 2 rings (SSSR count). The van der Waals surface area contributed by atoms with Crippen LogP contribution in [-0.2, 0) is 4.74 Å². The maximum atomic E-state index is 6.34. The Kier molecular flexibility index (Phi) is 4.10. The van der Waals surface area contributed by atoms with Gasteiger partial charge in [-0.15, -0.1) is 0 Å². The maximum absolute atomic E-state index is 6.34. The van der Waals surface area contributed by atoms with E-state index in [1.807, 2.05) is 0 Å². The Hall–Kier alpha value is 0.310. The second kappa shape index (κ2) is 5.01. The van der Waals surface area contributed by atoms with Crippen molar-refractivity contribution in [1.29, 1.82) is 0 Å². The summed E-state index contributed by atoms with van der Waals surface area (Å²) in [7, 11) is 0. The largest absolute Gasteiger partial charge is 0.377 e. The number of hydrogen-bond acceptors (Lipinski definition) is 2. The zero-order chi connectivity index (χ0) is 13.6. The average molecular weight is 270 g/mol. The third kappa shape index (κ3) is 2.14. The summed E-state index contributed by atoms with van der Waals surface area (Å²) in [5, 5.41) is 0. The second-order valence-corrected chi connectivity index (χ2v) is 7.98. The van der Waals surface area contributed by atoms with Crippen molar-refractivity contribution in [3.8, 4) is 0 Å². The van der Waals surface area contributed by atoms with Crippen LogP contribution in [0.15, 0.2) is 0 Å². The van der Waals surface area contributed by atoms with Crippen LogP contribution in [0.2, 0.25) is 0 Å². The number of rotatable bonds is 5. The van der Waals surface area contributed by atoms with Gasteiger partial charge in [0, 0.05) is 0 Å². The summed E-state index contributed by atoms with van der Waals surface area (Å²) in [5.74, 6) is 3.08. The fourth-order valence-electron chi connectivity index (χ4n) is 4.08. The Labute approximate surface area is 118 Å². The van der Waals surface area contributed by atoms with E-state index in [1.165, 1.54) is 19.3 Å². The molecule has 2 bridgehead atoms. The molecule has 4 atom stereocenters. The second-order valence-electron chi connectivity index (χ2n) is 7.62. The highest BCUT2D eigenvalue weighted by atomic mass is 32.1. The minimum absolute atomic E-state index is 0.399. The van der Waals surface area contributed by atoms with Gasteiger partial charge in [-0.05, 0) is 53.6 Å². The third-order valence-electron chi connectivity index (χ3n) is 6.40. The fourth-order valence-corrected chi connectivity index (χ4v) is 4.61. The van der Waals surface area contributed by atoms with E-state index in [1.54, 1.807) is 0 Å².